The molecule has 1 fully saturated rings. The minimum Gasteiger partial charge on any atom is -0.306 e. The molecule has 1 aliphatic carbocycles. The van der Waals surface area contributed by atoms with Crippen LogP contribution in [0.5, 0.6) is 0 Å². The summed E-state index contributed by atoms with van der Waals surface area (Å²) in [5.74, 6) is 0.954. The zero-order valence-electron chi connectivity index (χ0n) is 12.5. The van der Waals surface area contributed by atoms with Crippen LogP contribution in [-0.2, 0) is 0 Å². The van der Waals surface area contributed by atoms with E-state index in [1.54, 1.807) is 0 Å². The topological polar surface area (TPSA) is 39.1 Å². The van der Waals surface area contributed by atoms with Crippen LogP contribution in [-0.4, -0.2) is 36.6 Å². The summed E-state index contributed by atoms with van der Waals surface area (Å²) in [6, 6.07) is 2.86. The van der Waals surface area contributed by atoms with Gasteiger partial charge in [0.05, 0.1) is 6.07 Å². The fourth-order valence-corrected chi connectivity index (χ4v) is 2.55. The fourth-order valence-electron chi connectivity index (χ4n) is 2.55. The number of nitrogens with zero attached hydrogens (tertiary/aromatic N) is 2. The third-order valence-electron chi connectivity index (χ3n) is 3.79. The molecule has 1 rings (SSSR count). The number of hydrogen-bond acceptors (Lipinski definition) is 3. The number of nitriles is 1. The highest BCUT2D eigenvalue weighted by molar-refractivity contribution is 5.06. The minimum absolute atomic E-state index is 0.325. The summed E-state index contributed by atoms with van der Waals surface area (Å²) in [4.78, 5) is 2.42. The van der Waals surface area contributed by atoms with Crippen LogP contribution in [0.2, 0.25) is 0 Å². The van der Waals surface area contributed by atoms with Gasteiger partial charge >= 0.3 is 0 Å². The smallest absolute Gasteiger partial charge is 0.106 e. The summed E-state index contributed by atoms with van der Waals surface area (Å²) >= 11 is 0. The van der Waals surface area contributed by atoms with Gasteiger partial charge in [0.15, 0.2) is 0 Å². The van der Waals surface area contributed by atoms with E-state index < -0.39 is 0 Å². The Morgan fingerprint density at radius 2 is 2.11 bits per heavy atom. The van der Waals surface area contributed by atoms with Crippen molar-refractivity contribution < 1.29 is 0 Å². The highest BCUT2D eigenvalue weighted by Crippen LogP contribution is 2.29. The van der Waals surface area contributed by atoms with Crippen molar-refractivity contribution in [2.24, 2.45) is 5.92 Å². The quantitative estimate of drug-likeness (QED) is 0.685. The van der Waals surface area contributed by atoms with E-state index >= 15 is 0 Å². The van der Waals surface area contributed by atoms with Gasteiger partial charge in [-0.1, -0.05) is 6.92 Å². The van der Waals surface area contributed by atoms with E-state index in [0.717, 1.165) is 31.7 Å². The van der Waals surface area contributed by atoms with Crippen LogP contribution < -0.4 is 5.32 Å². The van der Waals surface area contributed by atoms with Crippen molar-refractivity contribution in [1.29, 1.82) is 5.26 Å². The van der Waals surface area contributed by atoms with Crippen LogP contribution >= 0.6 is 0 Å². The standard InChI is InChI=1S/C15H29N3/c1-5-15(12-16,17-13(2)3)9-6-10-18(4)11-14-7-8-14/h13-14,17H,5-11H2,1-4H3. The second-order valence-corrected chi connectivity index (χ2v) is 6.16. The van der Waals surface area contributed by atoms with Gasteiger partial charge in [0.2, 0.25) is 0 Å². The van der Waals surface area contributed by atoms with Crippen molar-refractivity contribution in [2.75, 3.05) is 20.1 Å². The predicted molar refractivity (Wildman–Crippen MR) is 76.4 cm³/mol. The Kier molecular flexibility index (Phi) is 6.11. The van der Waals surface area contributed by atoms with Gasteiger partial charge in [0, 0.05) is 12.6 Å². The number of hydrogen-bond donors (Lipinski definition) is 1. The van der Waals surface area contributed by atoms with Gasteiger partial charge in [-0.05, 0) is 65.5 Å². The summed E-state index contributed by atoms with van der Waals surface area (Å²) in [6.07, 6.45) is 5.76. The van der Waals surface area contributed by atoms with E-state index in [0.29, 0.717) is 6.04 Å². The molecule has 104 valence electrons. The Morgan fingerprint density at radius 3 is 2.56 bits per heavy atom. The molecule has 0 aromatic heterocycles. The van der Waals surface area contributed by atoms with Gasteiger partial charge in [0.25, 0.3) is 0 Å². The Hall–Kier alpha value is -0.590. The van der Waals surface area contributed by atoms with Gasteiger partial charge in [-0.2, -0.15) is 5.26 Å². The molecule has 0 aromatic rings. The third kappa shape index (κ3) is 5.37. The molecule has 18 heavy (non-hydrogen) atoms. The van der Waals surface area contributed by atoms with Crippen molar-refractivity contribution in [1.82, 2.24) is 10.2 Å². The molecule has 3 nitrogen and oxygen atoms in total. The largest absolute Gasteiger partial charge is 0.306 e. The lowest BCUT2D eigenvalue weighted by Crippen LogP contribution is -2.47. The molecule has 1 unspecified atom stereocenters. The summed E-state index contributed by atoms with van der Waals surface area (Å²) in [6.45, 7) is 8.68. The monoisotopic (exact) mass is 251 g/mol. The van der Waals surface area contributed by atoms with E-state index in [2.05, 4.69) is 44.1 Å². The lowest BCUT2D eigenvalue weighted by atomic mass is 9.91. The van der Waals surface area contributed by atoms with E-state index in [9.17, 15) is 5.26 Å². The second-order valence-electron chi connectivity index (χ2n) is 6.16. The fraction of sp³-hybridized carbons (Fsp3) is 0.933. The molecule has 1 atom stereocenters. The maximum atomic E-state index is 9.42. The van der Waals surface area contributed by atoms with Gasteiger partial charge in [-0.3, -0.25) is 5.32 Å². The SMILES string of the molecule is CCC(C#N)(CCCN(C)CC1CC1)NC(C)C. The summed E-state index contributed by atoms with van der Waals surface area (Å²) in [5, 5.41) is 12.9. The molecule has 0 radical (unpaired) electrons. The van der Waals surface area contributed by atoms with E-state index in [1.165, 1.54) is 19.4 Å². The summed E-state index contributed by atoms with van der Waals surface area (Å²) in [7, 11) is 2.20. The second kappa shape index (κ2) is 7.11. The van der Waals surface area contributed by atoms with Gasteiger partial charge in [-0.15, -0.1) is 0 Å². The van der Waals surface area contributed by atoms with Crippen LogP contribution in [0.15, 0.2) is 0 Å². The molecule has 1 aliphatic rings. The number of nitrogens with one attached hydrogen (secondary N) is 1. The average molecular weight is 251 g/mol. The maximum Gasteiger partial charge on any atom is 0.106 e. The number of rotatable bonds is 9. The first kappa shape index (κ1) is 15.5. The summed E-state index contributed by atoms with van der Waals surface area (Å²) < 4.78 is 0. The van der Waals surface area contributed by atoms with Gasteiger partial charge < -0.3 is 4.90 Å². The predicted octanol–water partition coefficient (Wildman–Crippen LogP) is 2.78. The molecule has 1 saturated carbocycles. The Labute approximate surface area is 113 Å². The highest BCUT2D eigenvalue weighted by Gasteiger charge is 2.28. The van der Waals surface area contributed by atoms with Crippen molar-refractivity contribution in [3.63, 3.8) is 0 Å². The van der Waals surface area contributed by atoms with Crippen LogP contribution in [0.25, 0.3) is 0 Å². The van der Waals surface area contributed by atoms with Gasteiger partial charge in [0.1, 0.15) is 5.54 Å². The van der Waals surface area contributed by atoms with Crippen LogP contribution in [0.4, 0.5) is 0 Å². The molecule has 0 heterocycles. The zero-order valence-corrected chi connectivity index (χ0v) is 12.5. The Balaban J connectivity index is 2.29. The minimum atomic E-state index is -0.325. The molecule has 0 aliphatic heterocycles. The Morgan fingerprint density at radius 1 is 1.44 bits per heavy atom. The van der Waals surface area contributed by atoms with Crippen molar-refractivity contribution in [3.05, 3.63) is 0 Å². The highest BCUT2D eigenvalue weighted by atomic mass is 15.1. The van der Waals surface area contributed by atoms with Crippen LogP contribution in [0, 0.1) is 17.2 Å². The molecule has 0 amide bonds. The van der Waals surface area contributed by atoms with E-state index in [-0.39, 0.29) is 5.54 Å². The molecule has 3 heteroatoms. The van der Waals surface area contributed by atoms with Crippen LogP contribution in [0.3, 0.4) is 0 Å². The molecule has 0 saturated heterocycles. The lowest BCUT2D eigenvalue weighted by Gasteiger charge is -2.29. The first-order valence-electron chi connectivity index (χ1n) is 7.39. The molecular weight excluding hydrogens is 222 g/mol. The Bertz CT molecular complexity index is 278. The molecular formula is C15H29N3. The van der Waals surface area contributed by atoms with Gasteiger partial charge in [-0.25, -0.2) is 0 Å². The van der Waals surface area contributed by atoms with Crippen molar-refractivity contribution in [3.8, 4) is 6.07 Å². The lowest BCUT2D eigenvalue weighted by molar-refractivity contribution is 0.278. The molecule has 0 aromatic carbocycles. The average Bonchev–Trinajstić information content (AvgIpc) is 3.11. The third-order valence-corrected chi connectivity index (χ3v) is 3.79. The maximum absolute atomic E-state index is 9.42. The van der Waals surface area contributed by atoms with Crippen molar-refractivity contribution in [2.45, 2.75) is 64.5 Å². The zero-order chi connectivity index (χ0) is 13.6. The summed E-state index contributed by atoms with van der Waals surface area (Å²) in [5.41, 5.74) is -0.325. The first-order chi connectivity index (χ1) is 8.51. The van der Waals surface area contributed by atoms with Crippen LogP contribution in [0.1, 0.15) is 52.9 Å². The van der Waals surface area contributed by atoms with E-state index in [1.807, 2.05) is 0 Å². The molecule has 0 bridgehead atoms. The van der Waals surface area contributed by atoms with Crippen molar-refractivity contribution >= 4 is 0 Å². The first-order valence-corrected chi connectivity index (χ1v) is 7.39. The molecule has 1 N–H and O–H groups in total. The van der Waals surface area contributed by atoms with E-state index in [4.69, 9.17) is 0 Å². The normalized spacial score (nSPS) is 18.9. The molecule has 0 spiro atoms.